The Morgan fingerprint density at radius 3 is 3.04 bits per heavy atom. The molecule has 0 spiro atoms. The molecule has 1 aromatic rings. The van der Waals surface area contributed by atoms with Crippen LogP contribution >= 0.6 is 0 Å². The fourth-order valence-electron chi connectivity index (χ4n) is 5.16. The number of fused-ring (bicyclic) bond motifs is 3. The number of hydrogen-bond acceptors (Lipinski definition) is 4. The molecule has 24 heavy (non-hydrogen) atoms. The summed E-state index contributed by atoms with van der Waals surface area (Å²) in [6.45, 7) is 4.50. The van der Waals surface area contributed by atoms with Crippen molar-refractivity contribution in [3.8, 4) is 0 Å². The number of likely N-dealkylation sites (tertiary alicyclic amines) is 2. The Balaban J connectivity index is 1.26. The first kappa shape index (κ1) is 14.9. The predicted molar refractivity (Wildman–Crippen MR) is 88.7 cm³/mol. The van der Waals surface area contributed by atoms with Crippen LogP contribution in [0.15, 0.2) is 6.33 Å². The lowest BCUT2D eigenvalue weighted by molar-refractivity contribution is -0.147. The Morgan fingerprint density at radius 2 is 2.21 bits per heavy atom. The zero-order chi connectivity index (χ0) is 16.1. The van der Waals surface area contributed by atoms with Gasteiger partial charge in [-0.3, -0.25) is 9.69 Å². The van der Waals surface area contributed by atoms with Gasteiger partial charge >= 0.3 is 0 Å². The van der Waals surface area contributed by atoms with Crippen molar-refractivity contribution in [2.45, 2.75) is 50.1 Å². The maximum absolute atomic E-state index is 13.1. The summed E-state index contributed by atoms with van der Waals surface area (Å²) in [4.78, 5) is 25.6. The summed E-state index contributed by atoms with van der Waals surface area (Å²) in [5.41, 5.74) is 2.52. The molecule has 3 fully saturated rings. The van der Waals surface area contributed by atoms with Gasteiger partial charge < -0.3 is 14.6 Å². The summed E-state index contributed by atoms with van der Waals surface area (Å²) < 4.78 is 5.48. The molecule has 3 unspecified atom stereocenters. The smallest absolute Gasteiger partial charge is 0.228 e. The number of aromatic nitrogens is 2. The first-order valence-corrected chi connectivity index (χ1v) is 9.45. The van der Waals surface area contributed by atoms with Crippen molar-refractivity contribution in [3.05, 3.63) is 17.7 Å². The number of nitrogens with one attached hydrogen (secondary N) is 1. The number of hydrogen-bond donors (Lipinski definition) is 1. The molecular weight excluding hydrogens is 304 g/mol. The van der Waals surface area contributed by atoms with Crippen LogP contribution in [0.25, 0.3) is 0 Å². The monoisotopic (exact) mass is 330 g/mol. The summed E-state index contributed by atoms with van der Waals surface area (Å²) in [6.07, 6.45) is 7.32. The molecule has 1 N–H and O–H groups in total. The molecule has 3 aliphatic heterocycles. The van der Waals surface area contributed by atoms with Crippen molar-refractivity contribution >= 4 is 5.91 Å². The van der Waals surface area contributed by atoms with E-state index < -0.39 is 0 Å². The number of ether oxygens (including phenoxy) is 1. The van der Waals surface area contributed by atoms with Crippen LogP contribution in [0.4, 0.5) is 0 Å². The minimum atomic E-state index is 0.199. The highest BCUT2D eigenvalue weighted by molar-refractivity contribution is 5.81. The van der Waals surface area contributed by atoms with Crippen molar-refractivity contribution in [1.82, 2.24) is 19.8 Å². The molecule has 6 nitrogen and oxygen atoms in total. The maximum Gasteiger partial charge on any atom is 0.228 e. The maximum atomic E-state index is 13.1. The highest BCUT2D eigenvalue weighted by Gasteiger charge is 2.45. The number of carbonyl (C=O) groups excluding carboxylic acids is 1. The third-order valence-corrected chi connectivity index (χ3v) is 6.54. The number of aromatic amines is 1. The fourth-order valence-corrected chi connectivity index (χ4v) is 5.16. The summed E-state index contributed by atoms with van der Waals surface area (Å²) in [5, 5.41) is 0. The van der Waals surface area contributed by atoms with Crippen LogP contribution in [0.3, 0.4) is 0 Å². The molecule has 1 aromatic heterocycles. The minimum Gasteiger partial charge on any atom is -0.380 e. The summed E-state index contributed by atoms with van der Waals surface area (Å²) in [7, 11) is 0. The van der Waals surface area contributed by atoms with Crippen LogP contribution in [-0.2, 0) is 16.0 Å². The topological polar surface area (TPSA) is 61.5 Å². The van der Waals surface area contributed by atoms with Gasteiger partial charge in [0.2, 0.25) is 5.91 Å². The third-order valence-electron chi connectivity index (χ3n) is 6.54. The van der Waals surface area contributed by atoms with E-state index in [4.69, 9.17) is 4.74 Å². The molecule has 0 bridgehead atoms. The van der Waals surface area contributed by atoms with Gasteiger partial charge in [-0.1, -0.05) is 0 Å². The Kier molecular flexibility index (Phi) is 3.63. The standard InChI is InChI=1S/C18H26N4O2/c23-18(12-8-21(9-12)13-5-7-24-10-13)22-6-1-2-14-16(22)4-3-15-17(14)20-11-19-15/h11-14,16H,1-10H2,(H,19,20). The number of aryl methyl sites for hydroxylation is 1. The van der Waals surface area contributed by atoms with Gasteiger partial charge in [-0.2, -0.15) is 0 Å². The number of piperidine rings is 1. The van der Waals surface area contributed by atoms with Crippen molar-refractivity contribution in [2.24, 2.45) is 5.92 Å². The predicted octanol–water partition coefficient (Wildman–Crippen LogP) is 1.15. The normalized spacial score (nSPS) is 33.8. The number of H-pyrrole nitrogens is 1. The third kappa shape index (κ3) is 2.30. The molecule has 3 saturated heterocycles. The highest BCUT2D eigenvalue weighted by Crippen LogP contribution is 2.40. The average molecular weight is 330 g/mol. The summed E-state index contributed by atoms with van der Waals surface area (Å²) >= 11 is 0. The van der Waals surface area contributed by atoms with Gasteiger partial charge in [-0.05, 0) is 32.1 Å². The van der Waals surface area contributed by atoms with E-state index in [-0.39, 0.29) is 5.92 Å². The molecule has 6 heteroatoms. The average Bonchev–Trinajstić information content (AvgIpc) is 3.24. The SMILES string of the molecule is O=C(C1CN(C2CCOC2)C1)N1CCCC2c3nc[nH]c3CCC21. The first-order valence-electron chi connectivity index (χ1n) is 9.45. The molecule has 1 aliphatic carbocycles. The number of rotatable bonds is 2. The second-order valence-corrected chi connectivity index (χ2v) is 7.82. The summed E-state index contributed by atoms with van der Waals surface area (Å²) in [5.74, 6) is 1.03. The molecule has 3 atom stereocenters. The van der Waals surface area contributed by atoms with E-state index in [1.54, 1.807) is 0 Å². The van der Waals surface area contributed by atoms with Crippen LogP contribution in [0, 0.1) is 5.92 Å². The molecule has 130 valence electrons. The van der Waals surface area contributed by atoms with E-state index in [0.717, 1.165) is 58.5 Å². The van der Waals surface area contributed by atoms with Gasteiger partial charge in [0.1, 0.15) is 0 Å². The van der Waals surface area contributed by atoms with E-state index in [0.29, 0.717) is 23.9 Å². The summed E-state index contributed by atoms with van der Waals surface area (Å²) in [6, 6.07) is 0.912. The zero-order valence-electron chi connectivity index (χ0n) is 14.1. The Morgan fingerprint density at radius 1 is 1.29 bits per heavy atom. The van der Waals surface area contributed by atoms with Crippen molar-refractivity contribution in [2.75, 3.05) is 32.8 Å². The van der Waals surface area contributed by atoms with E-state index in [2.05, 4.69) is 19.8 Å². The number of nitrogens with zero attached hydrogens (tertiary/aromatic N) is 3. The van der Waals surface area contributed by atoms with Crippen LogP contribution in [-0.4, -0.2) is 70.6 Å². The number of imidazole rings is 1. The van der Waals surface area contributed by atoms with Crippen LogP contribution in [0.1, 0.15) is 43.0 Å². The number of amides is 1. The zero-order valence-corrected chi connectivity index (χ0v) is 14.1. The molecule has 4 heterocycles. The van der Waals surface area contributed by atoms with Crippen LogP contribution in [0.5, 0.6) is 0 Å². The van der Waals surface area contributed by atoms with Gasteiger partial charge in [0.25, 0.3) is 0 Å². The van der Waals surface area contributed by atoms with Crippen molar-refractivity contribution < 1.29 is 9.53 Å². The molecule has 5 rings (SSSR count). The van der Waals surface area contributed by atoms with E-state index >= 15 is 0 Å². The van der Waals surface area contributed by atoms with Gasteiger partial charge in [-0.15, -0.1) is 0 Å². The van der Waals surface area contributed by atoms with Gasteiger partial charge in [0.15, 0.2) is 0 Å². The van der Waals surface area contributed by atoms with E-state index in [1.807, 2.05) is 6.33 Å². The minimum absolute atomic E-state index is 0.199. The molecule has 1 amide bonds. The Bertz CT molecular complexity index is 618. The van der Waals surface area contributed by atoms with Gasteiger partial charge in [-0.25, -0.2) is 4.98 Å². The second-order valence-electron chi connectivity index (χ2n) is 7.82. The first-order chi connectivity index (χ1) is 11.8. The molecule has 0 aromatic carbocycles. The fraction of sp³-hybridized carbons (Fsp3) is 0.778. The number of carbonyl (C=O) groups is 1. The van der Waals surface area contributed by atoms with Crippen LogP contribution in [0.2, 0.25) is 0 Å². The Hall–Kier alpha value is -1.40. The van der Waals surface area contributed by atoms with Gasteiger partial charge in [0.05, 0.1) is 24.5 Å². The lowest BCUT2D eigenvalue weighted by Crippen LogP contribution is -2.60. The quantitative estimate of drug-likeness (QED) is 0.884. The lowest BCUT2D eigenvalue weighted by atomic mass is 9.78. The van der Waals surface area contributed by atoms with Crippen LogP contribution < -0.4 is 0 Å². The van der Waals surface area contributed by atoms with Crippen molar-refractivity contribution in [1.29, 1.82) is 0 Å². The molecular formula is C18H26N4O2. The second kappa shape index (κ2) is 5.85. The Labute approximate surface area is 142 Å². The van der Waals surface area contributed by atoms with E-state index in [9.17, 15) is 4.79 Å². The highest BCUT2D eigenvalue weighted by atomic mass is 16.5. The lowest BCUT2D eigenvalue weighted by Gasteiger charge is -2.48. The molecule has 0 radical (unpaired) electrons. The largest absolute Gasteiger partial charge is 0.380 e. The molecule has 4 aliphatic rings. The molecule has 0 saturated carbocycles. The van der Waals surface area contributed by atoms with Gasteiger partial charge in [0, 0.05) is 49.9 Å². The van der Waals surface area contributed by atoms with Crippen molar-refractivity contribution in [3.63, 3.8) is 0 Å². The van der Waals surface area contributed by atoms with E-state index in [1.165, 1.54) is 17.8 Å².